The molecule has 5 nitrogen and oxygen atoms in total. The second-order valence-corrected chi connectivity index (χ2v) is 2.76. The summed E-state index contributed by atoms with van der Waals surface area (Å²) in [4.78, 5) is 25.0. The Hall–Kier alpha value is -1.65. The maximum atomic E-state index is 11.1. The molecule has 0 saturated heterocycles. The number of hydrogen-bond acceptors (Lipinski definition) is 3. The summed E-state index contributed by atoms with van der Waals surface area (Å²) in [6.45, 7) is 1.66. The first-order valence-corrected chi connectivity index (χ1v) is 3.86. The van der Waals surface area contributed by atoms with E-state index in [4.69, 9.17) is 5.11 Å². The molecule has 70 valence electrons. The van der Waals surface area contributed by atoms with Crippen molar-refractivity contribution in [3.05, 3.63) is 28.9 Å². The number of aliphatic carboxylic acids is 1. The van der Waals surface area contributed by atoms with E-state index in [2.05, 4.69) is 4.98 Å². The maximum absolute atomic E-state index is 11.1. The van der Waals surface area contributed by atoms with Gasteiger partial charge in [-0.3, -0.25) is 9.36 Å². The molecule has 1 atom stereocenters. The van der Waals surface area contributed by atoms with Gasteiger partial charge in [0.15, 0.2) is 0 Å². The molecule has 0 aliphatic heterocycles. The molecule has 0 fully saturated rings. The van der Waals surface area contributed by atoms with E-state index in [0.717, 1.165) is 0 Å². The fourth-order valence-electron chi connectivity index (χ4n) is 1.05. The zero-order valence-electron chi connectivity index (χ0n) is 7.17. The topological polar surface area (TPSA) is 72.2 Å². The first kappa shape index (κ1) is 9.44. The van der Waals surface area contributed by atoms with Gasteiger partial charge in [0.1, 0.15) is 0 Å². The van der Waals surface area contributed by atoms with Gasteiger partial charge in [-0.1, -0.05) is 0 Å². The molecule has 13 heavy (non-hydrogen) atoms. The molecule has 0 spiro atoms. The van der Waals surface area contributed by atoms with Gasteiger partial charge in [-0.25, -0.2) is 9.78 Å². The Kier molecular flexibility index (Phi) is 2.79. The van der Waals surface area contributed by atoms with E-state index in [9.17, 15) is 9.59 Å². The minimum Gasteiger partial charge on any atom is -0.481 e. The van der Waals surface area contributed by atoms with E-state index in [1.807, 2.05) is 0 Å². The SMILES string of the molecule is CC(CC(=O)O)n1cccnc1=O. The standard InChI is InChI=1S/C8H10N2O3/c1-6(5-7(11)12)10-4-2-3-9-8(10)13/h2-4,6H,5H2,1H3,(H,11,12). The van der Waals surface area contributed by atoms with Gasteiger partial charge in [-0.2, -0.15) is 0 Å². The monoisotopic (exact) mass is 182 g/mol. The van der Waals surface area contributed by atoms with E-state index in [1.165, 1.54) is 17.0 Å². The lowest BCUT2D eigenvalue weighted by Crippen LogP contribution is -2.25. The molecule has 1 heterocycles. The van der Waals surface area contributed by atoms with Gasteiger partial charge < -0.3 is 5.11 Å². The van der Waals surface area contributed by atoms with Crippen molar-refractivity contribution in [2.45, 2.75) is 19.4 Å². The predicted octanol–water partition coefficient (Wildman–Crippen LogP) is 0.279. The lowest BCUT2D eigenvalue weighted by atomic mass is 10.2. The highest BCUT2D eigenvalue weighted by molar-refractivity contribution is 5.67. The molecule has 0 aliphatic rings. The number of aromatic nitrogens is 2. The summed E-state index contributed by atoms with van der Waals surface area (Å²) in [6, 6.07) is 1.23. The first-order valence-electron chi connectivity index (χ1n) is 3.86. The van der Waals surface area contributed by atoms with Crippen LogP contribution in [0.4, 0.5) is 0 Å². The van der Waals surface area contributed by atoms with Gasteiger partial charge in [0.25, 0.3) is 0 Å². The molecular formula is C8H10N2O3. The molecule has 0 radical (unpaired) electrons. The van der Waals surface area contributed by atoms with Crippen LogP contribution in [0.25, 0.3) is 0 Å². The fraction of sp³-hybridized carbons (Fsp3) is 0.375. The molecule has 1 N–H and O–H groups in total. The van der Waals surface area contributed by atoms with Crippen molar-refractivity contribution in [2.75, 3.05) is 0 Å². The average molecular weight is 182 g/mol. The van der Waals surface area contributed by atoms with Crippen LogP contribution in [0.3, 0.4) is 0 Å². The molecule has 5 heteroatoms. The summed E-state index contributed by atoms with van der Waals surface area (Å²) >= 11 is 0. The van der Waals surface area contributed by atoms with Crippen LogP contribution in [-0.4, -0.2) is 20.6 Å². The number of nitrogens with zero attached hydrogens (tertiary/aromatic N) is 2. The van der Waals surface area contributed by atoms with Crippen LogP contribution in [0.2, 0.25) is 0 Å². The second kappa shape index (κ2) is 3.84. The van der Waals surface area contributed by atoms with Crippen molar-refractivity contribution < 1.29 is 9.90 Å². The maximum Gasteiger partial charge on any atom is 0.347 e. The van der Waals surface area contributed by atoms with Crippen molar-refractivity contribution in [1.29, 1.82) is 0 Å². The highest BCUT2D eigenvalue weighted by atomic mass is 16.4. The lowest BCUT2D eigenvalue weighted by molar-refractivity contribution is -0.137. The van der Waals surface area contributed by atoms with Crippen LogP contribution in [-0.2, 0) is 4.79 Å². The van der Waals surface area contributed by atoms with Crippen LogP contribution in [0.15, 0.2) is 23.3 Å². The molecule has 0 amide bonds. The normalized spacial score (nSPS) is 12.4. The van der Waals surface area contributed by atoms with Crippen molar-refractivity contribution in [1.82, 2.24) is 9.55 Å². The third-order valence-corrected chi connectivity index (χ3v) is 1.68. The van der Waals surface area contributed by atoms with E-state index in [0.29, 0.717) is 0 Å². The van der Waals surface area contributed by atoms with Gasteiger partial charge in [-0.15, -0.1) is 0 Å². The molecule has 1 aromatic heterocycles. The lowest BCUT2D eigenvalue weighted by Gasteiger charge is -2.10. The van der Waals surface area contributed by atoms with Crippen LogP contribution in [0.1, 0.15) is 19.4 Å². The second-order valence-electron chi connectivity index (χ2n) is 2.76. The number of carboxylic acids is 1. The number of carboxylic acid groups (broad SMARTS) is 1. The number of rotatable bonds is 3. The van der Waals surface area contributed by atoms with Crippen molar-refractivity contribution in [2.24, 2.45) is 0 Å². The van der Waals surface area contributed by atoms with Gasteiger partial charge >= 0.3 is 11.7 Å². The largest absolute Gasteiger partial charge is 0.481 e. The zero-order valence-corrected chi connectivity index (χ0v) is 7.17. The summed E-state index contributed by atoms with van der Waals surface area (Å²) in [5.41, 5.74) is -0.420. The first-order chi connectivity index (χ1) is 6.11. The van der Waals surface area contributed by atoms with Crippen LogP contribution in [0, 0.1) is 0 Å². The van der Waals surface area contributed by atoms with E-state index in [1.54, 1.807) is 13.0 Å². The minimum atomic E-state index is -0.928. The summed E-state index contributed by atoms with van der Waals surface area (Å²) in [5.74, 6) is -0.928. The molecule has 0 saturated carbocycles. The van der Waals surface area contributed by atoms with Gasteiger partial charge in [0, 0.05) is 18.4 Å². The van der Waals surface area contributed by atoms with E-state index in [-0.39, 0.29) is 12.5 Å². The van der Waals surface area contributed by atoms with Crippen LogP contribution >= 0.6 is 0 Å². The van der Waals surface area contributed by atoms with Gasteiger partial charge in [-0.05, 0) is 13.0 Å². The smallest absolute Gasteiger partial charge is 0.347 e. The minimum absolute atomic E-state index is 0.0778. The Morgan fingerprint density at radius 2 is 2.46 bits per heavy atom. The Morgan fingerprint density at radius 3 is 3.00 bits per heavy atom. The highest BCUT2D eigenvalue weighted by Gasteiger charge is 2.10. The Balaban J connectivity index is 2.89. The summed E-state index contributed by atoms with van der Waals surface area (Å²) < 4.78 is 1.30. The van der Waals surface area contributed by atoms with E-state index < -0.39 is 11.7 Å². The molecule has 0 bridgehead atoms. The summed E-state index contributed by atoms with van der Waals surface area (Å²) in [6.07, 6.45) is 2.83. The quantitative estimate of drug-likeness (QED) is 0.728. The van der Waals surface area contributed by atoms with Crippen molar-refractivity contribution in [3.63, 3.8) is 0 Å². The zero-order chi connectivity index (χ0) is 9.84. The Morgan fingerprint density at radius 1 is 1.77 bits per heavy atom. The summed E-state index contributed by atoms with van der Waals surface area (Å²) in [5, 5.41) is 8.50. The Labute approximate surface area is 74.7 Å². The molecular weight excluding hydrogens is 172 g/mol. The Bertz CT molecular complexity index is 358. The number of hydrogen-bond donors (Lipinski definition) is 1. The van der Waals surface area contributed by atoms with Crippen molar-refractivity contribution >= 4 is 5.97 Å². The van der Waals surface area contributed by atoms with Gasteiger partial charge in [0.05, 0.1) is 6.42 Å². The average Bonchev–Trinajstić information content (AvgIpc) is 2.03. The van der Waals surface area contributed by atoms with Crippen molar-refractivity contribution in [3.8, 4) is 0 Å². The molecule has 1 unspecified atom stereocenters. The predicted molar refractivity (Wildman–Crippen MR) is 45.5 cm³/mol. The third-order valence-electron chi connectivity index (χ3n) is 1.68. The third kappa shape index (κ3) is 2.40. The van der Waals surface area contributed by atoms with Gasteiger partial charge in [0.2, 0.25) is 0 Å². The number of carbonyl (C=O) groups is 1. The molecule has 0 aliphatic carbocycles. The van der Waals surface area contributed by atoms with Crippen LogP contribution in [0.5, 0.6) is 0 Å². The van der Waals surface area contributed by atoms with E-state index >= 15 is 0 Å². The molecule has 1 rings (SSSR count). The molecule has 1 aromatic rings. The fourth-order valence-corrected chi connectivity index (χ4v) is 1.05. The summed E-state index contributed by atoms with van der Waals surface area (Å²) in [7, 11) is 0. The highest BCUT2D eigenvalue weighted by Crippen LogP contribution is 2.05. The van der Waals surface area contributed by atoms with Crippen LogP contribution < -0.4 is 5.69 Å². The molecule has 0 aromatic carbocycles.